The van der Waals surface area contributed by atoms with Crippen molar-refractivity contribution in [3.8, 4) is 5.75 Å². The predicted octanol–water partition coefficient (Wildman–Crippen LogP) is 2.95. The predicted molar refractivity (Wildman–Crippen MR) is 93.1 cm³/mol. The summed E-state index contributed by atoms with van der Waals surface area (Å²) >= 11 is 0. The maximum Gasteiger partial charge on any atom is 0.433 e. The van der Waals surface area contributed by atoms with Crippen LogP contribution in [0.25, 0.3) is 11.0 Å². The number of nitrogens with two attached hydrogens (primary N) is 2. The Labute approximate surface area is 152 Å². The normalized spacial score (nSPS) is 11.5. The molecule has 2 heterocycles. The van der Waals surface area contributed by atoms with Gasteiger partial charge in [-0.15, -0.1) is 0 Å². The van der Waals surface area contributed by atoms with E-state index in [0.29, 0.717) is 5.75 Å². The van der Waals surface area contributed by atoms with Gasteiger partial charge in [0.1, 0.15) is 17.3 Å². The van der Waals surface area contributed by atoms with E-state index in [1.54, 1.807) is 24.3 Å². The Morgan fingerprint density at radius 3 is 2.44 bits per heavy atom. The number of carbonyl (C=O) groups excluding carboxylic acids is 1. The second-order valence-electron chi connectivity index (χ2n) is 5.73. The molecule has 0 unspecified atom stereocenters. The highest BCUT2D eigenvalue weighted by Gasteiger charge is 2.33. The smallest absolute Gasteiger partial charge is 0.433 e. The molecule has 140 valence electrons. The van der Waals surface area contributed by atoms with Gasteiger partial charge >= 0.3 is 6.18 Å². The number of primary amides is 1. The first-order valence-corrected chi connectivity index (χ1v) is 7.90. The van der Waals surface area contributed by atoms with Crippen LogP contribution in [0.2, 0.25) is 0 Å². The van der Waals surface area contributed by atoms with Crippen LogP contribution in [0.1, 0.15) is 21.6 Å². The fraction of sp³-hybridized carbons (Fsp3) is 0.167. The van der Waals surface area contributed by atoms with Gasteiger partial charge in [0.25, 0.3) is 5.91 Å². The number of hydrogen-bond acceptors (Lipinski definition) is 5. The number of carbonyl (C=O) groups is 1. The van der Waals surface area contributed by atoms with E-state index in [2.05, 4.69) is 9.97 Å². The first-order chi connectivity index (χ1) is 12.8. The fourth-order valence-corrected chi connectivity index (χ4v) is 2.57. The zero-order valence-corrected chi connectivity index (χ0v) is 14.0. The molecule has 0 aliphatic heterocycles. The van der Waals surface area contributed by atoms with Crippen LogP contribution in [-0.4, -0.2) is 22.5 Å². The quantitative estimate of drug-likeness (QED) is 0.712. The number of rotatable bonds is 5. The van der Waals surface area contributed by atoms with Gasteiger partial charge in [0.2, 0.25) is 0 Å². The number of fused-ring (bicyclic) bond motifs is 1. The molecular formula is C18H15F3N4O2. The average Bonchev–Trinajstić information content (AvgIpc) is 2.60. The fourth-order valence-electron chi connectivity index (χ4n) is 2.57. The van der Waals surface area contributed by atoms with Crippen molar-refractivity contribution in [2.75, 3.05) is 12.3 Å². The molecule has 0 aliphatic rings. The Bertz CT molecular complexity index is 991. The zero-order valence-electron chi connectivity index (χ0n) is 14.0. The van der Waals surface area contributed by atoms with Gasteiger partial charge in [-0.05, 0) is 29.8 Å². The lowest BCUT2D eigenvalue weighted by molar-refractivity contribution is -0.141. The molecule has 0 atom stereocenters. The first kappa shape index (κ1) is 18.4. The highest BCUT2D eigenvalue weighted by molar-refractivity contribution is 6.00. The van der Waals surface area contributed by atoms with Crippen molar-refractivity contribution in [1.29, 1.82) is 0 Å². The minimum Gasteiger partial charge on any atom is -0.493 e. The van der Waals surface area contributed by atoms with Crippen LogP contribution in [-0.2, 0) is 12.6 Å². The Kier molecular flexibility index (Phi) is 4.85. The molecule has 2 aromatic heterocycles. The summed E-state index contributed by atoms with van der Waals surface area (Å²) in [5.41, 5.74) is 9.76. The van der Waals surface area contributed by atoms with Gasteiger partial charge in [-0.25, -0.2) is 9.97 Å². The van der Waals surface area contributed by atoms with E-state index in [0.717, 1.165) is 6.07 Å². The summed E-state index contributed by atoms with van der Waals surface area (Å²) in [6.45, 7) is 0.122. The largest absolute Gasteiger partial charge is 0.493 e. The van der Waals surface area contributed by atoms with Gasteiger partial charge in [-0.2, -0.15) is 13.2 Å². The van der Waals surface area contributed by atoms with E-state index in [9.17, 15) is 18.0 Å². The van der Waals surface area contributed by atoms with Crippen LogP contribution in [0.4, 0.5) is 19.0 Å². The third-order valence-electron chi connectivity index (χ3n) is 3.85. The van der Waals surface area contributed by atoms with E-state index in [1.165, 1.54) is 6.07 Å². The number of benzene rings is 1. The number of nitrogens with zero attached hydrogens (tertiary/aromatic N) is 2. The van der Waals surface area contributed by atoms with Gasteiger partial charge in [-0.1, -0.05) is 18.2 Å². The highest BCUT2D eigenvalue weighted by atomic mass is 19.4. The van der Waals surface area contributed by atoms with Crippen LogP contribution in [0.3, 0.4) is 0 Å². The van der Waals surface area contributed by atoms with Gasteiger partial charge in [0, 0.05) is 11.8 Å². The second kappa shape index (κ2) is 7.10. The summed E-state index contributed by atoms with van der Waals surface area (Å²) in [7, 11) is 0. The summed E-state index contributed by atoms with van der Waals surface area (Å²) in [5.74, 6) is -0.506. The van der Waals surface area contributed by atoms with Crippen LogP contribution in [0.5, 0.6) is 5.75 Å². The van der Waals surface area contributed by atoms with Crippen LogP contribution in [0.15, 0.2) is 42.5 Å². The Hall–Kier alpha value is -3.36. The molecule has 3 aromatic rings. The zero-order chi connectivity index (χ0) is 19.6. The third-order valence-corrected chi connectivity index (χ3v) is 3.85. The molecule has 6 nitrogen and oxygen atoms in total. The average molecular weight is 376 g/mol. The van der Waals surface area contributed by atoms with Crippen LogP contribution < -0.4 is 16.2 Å². The molecule has 1 amide bonds. The standard InChI is InChI=1S/C18H15F3N4O2/c19-18(20,21)14-8-10(6-7-27-11-4-2-1-3-5-11)12-9-13(16(23)26)15(22)25-17(12)24-14/h1-5,8-9H,6-7H2,(H2,23,26)(H2,22,24,25). The number of aromatic nitrogens is 2. The summed E-state index contributed by atoms with van der Waals surface area (Å²) in [6.07, 6.45) is -4.51. The second-order valence-corrected chi connectivity index (χ2v) is 5.73. The summed E-state index contributed by atoms with van der Waals surface area (Å²) in [4.78, 5) is 18.8. The number of anilines is 1. The molecule has 0 fully saturated rings. The van der Waals surface area contributed by atoms with Crippen molar-refractivity contribution in [2.45, 2.75) is 12.6 Å². The van der Waals surface area contributed by atoms with Crippen molar-refractivity contribution < 1.29 is 22.7 Å². The van der Waals surface area contributed by atoms with Crippen molar-refractivity contribution in [2.24, 2.45) is 5.73 Å². The summed E-state index contributed by atoms with van der Waals surface area (Å²) in [6, 6.07) is 11.1. The number of hydrogen-bond donors (Lipinski definition) is 2. The molecule has 0 bridgehead atoms. The number of ether oxygens (including phenoxy) is 1. The number of para-hydroxylation sites is 1. The molecule has 0 saturated carbocycles. The number of amides is 1. The molecule has 0 spiro atoms. The molecule has 0 radical (unpaired) electrons. The van der Waals surface area contributed by atoms with Crippen LogP contribution in [0, 0.1) is 0 Å². The third kappa shape index (κ3) is 4.08. The lowest BCUT2D eigenvalue weighted by Crippen LogP contribution is -2.16. The first-order valence-electron chi connectivity index (χ1n) is 7.90. The Balaban J connectivity index is 2.01. The topological polar surface area (TPSA) is 104 Å². The van der Waals surface area contributed by atoms with E-state index in [4.69, 9.17) is 16.2 Å². The number of pyridine rings is 2. The summed E-state index contributed by atoms with van der Waals surface area (Å²) < 4.78 is 45.0. The van der Waals surface area contributed by atoms with E-state index in [-0.39, 0.29) is 41.0 Å². The molecule has 1 aromatic carbocycles. The van der Waals surface area contributed by atoms with E-state index >= 15 is 0 Å². The minimum absolute atomic E-state index is 0.0747. The van der Waals surface area contributed by atoms with E-state index in [1.807, 2.05) is 6.07 Å². The van der Waals surface area contributed by atoms with Crippen molar-refractivity contribution in [3.63, 3.8) is 0 Å². The molecule has 4 N–H and O–H groups in total. The number of nitrogen functional groups attached to an aromatic ring is 1. The summed E-state index contributed by atoms with van der Waals surface area (Å²) in [5, 5.41) is 0.266. The lowest BCUT2D eigenvalue weighted by atomic mass is 10.0. The van der Waals surface area contributed by atoms with Crippen molar-refractivity contribution in [1.82, 2.24) is 9.97 Å². The number of halogens is 3. The molecule has 27 heavy (non-hydrogen) atoms. The highest BCUT2D eigenvalue weighted by Crippen LogP contribution is 2.31. The van der Waals surface area contributed by atoms with Gasteiger partial charge in [0.15, 0.2) is 5.65 Å². The lowest BCUT2D eigenvalue weighted by Gasteiger charge is -2.13. The van der Waals surface area contributed by atoms with Crippen molar-refractivity contribution in [3.05, 3.63) is 59.3 Å². The SMILES string of the molecule is NC(=O)c1cc2c(CCOc3ccccc3)cc(C(F)(F)F)nc2nc1N. The maximum atomic E-state index is 13.2. The monoisotopic (exact) mass is 376 g/mol. The van der Waals surface area contributed by atoms with Crippen molar-refractivity contribution >= 4 is 22.8 Å². The molecule has 9 heteroatoms. The molecule has 3 rings (SSSR count). The number of alkyl halides is 3. The molecule has 0 aliphatic carbocycles. The Morgan fingerprint density at radius 1 is 1.11 bits per heavy atom. The minimum atomic E-state index is -4.65. The van der Waals surface area contributed by atoms with Crippen LogP contribution >= 0.6 is 0 Å². The van der Waals surface area contributed by atoms with E-state index < -0.39 is 17.8 Å². The van der Waals surface area contributed by atoms with Gasteiger partial charge < -0.3 is 16.2 Å². The molecular weight excluding hydrogens is 361 g/mol. The van der Waals surface area contributed by atoms with Gasteiger partial charge in [0.05, 0.1) is 12.2 Å². The maximum absolute atomic E-state index is 13.2. The Morgan fingerprint density at radius 2 is 1.81 bits per heavy atom. The molecule has 0 saturated heterocycles. The van der Waals surface area contributed by atoms with Gasteiger partial charge in [-0.3, -0.25) is 4.79 Å².